The highest BCUT2D eigenvalue weighted by Gasteiger charge is 2.22. The Morgan fingerprint density at radius 3 is 2.21 bits per heavy atom. The first kappa shape index (κ1) is 18.2. The maximum Gasteiger partial charge on any atom is 0.263 e. The van der Waals surface area contributed by atoms with Gasteiger partial charge in [-0.2, -0.15) is 0 Å². The molecule has 0 aliphatic rings. The van der Waals surface area contributed by atoms with Crippen LogP contribution in [0.3, 0.4) is 0 Å². The molecule has 128 valence electrons. The Morgan fingerprint density at radius 1 is 1.04 bits per heavy atom. The normalized spacial score (nSPS) is 13.0. The highest BCUT2D eigenvalue weighted by Crippen LogP contribution is 2.26. The van der Waals surface area contributed by atoms with Crippen molar-refractivity contribution in [1.29, 1.82) is 0 Å². The molecule has 0 fully saturated rings. The lowest BCUT2D eigenvalue weighted by atomic mass is 9.87. The minimum Gasteiger partial charge on any atom is -0.271 e. The van der Waals surface area contributed by atoms with E-state index in [2.05, 4.69) is 30.5 Å². The first-order valence-electron chi connectivity index (χ1n) is 7.81. The van der Waals surface area contributed by atoms with Gasteiger partial charge in [-0.25, -0.2) is 8.42 Å². The highest BCUT2D eigenvalue weighted by molar-refractivity contribution is 7.90. The summed E-state index contributed by atoms with van der Waals surface area (Å²) in [7, 11) is -2.14. The van der Waals surface area contributed by atoms with E-state index < -0.39 is 10.0 Å². The number of rotatable bonds is 3. The zero-order chi connectivity index (χ0) is 18.0. The number of hydrogen-bond donors (Lipinski definition) is 1. The van der Waals surface area contributed by atoms with Gasteiger partial charge in [0.2, 0.25) is 0 Å². The Morgan fingerprint density at radius 2 is 1.67 bits per heavy atom. The van der Waals surface area contributed by atoms with Crippen LogP contribution in [0.15, 0.2) is 58.4 Å². The van der Waals surface area contributed by atoms with Gasteiger partial charge in [0, 0.05) is 12.6 Å². The Balaban J connectivity index is 2.44. The van der Waals surface area contributed by atoms with Gasteiger partial charge in [0.15, 0.2) is 0 Å². The molecule has 2 aromatic rings. The van der Waals surface area contributed by atoms with E-state index >= 15 is 0 Å². The van der Waals surface area contributed by atoms with Crippen molar-refractivity contribution < 1.29 is 8.42 Å². The Bertz CT molecular complexity index is 849. The number of amidine groups is 1. The second-order valence-electron chi connectivity index (χ2n) is 6.77. The molecule has 0 spiro atoms. The van der Waals surface area contributed by atoms with Crippen molar-refractivity contribution in [1.82, 2.24) is 4.72 Å². The van der Waals surface area contributed by atoms with E-state index in [0.29, 0.717) is 11.4 Å². The number of sulfonamides is 1. The van der Waals surface area contributed by atoms with Crippen LogP contribution >= 0.6 is 0 Å². The molecule has 2 aromatic carbocycles. The van der Waals surface area contributed by atoms with E-state index in [9.17, 15) is 8.42 Å². The largest absolute Gasteiger partial charge is 0.271 e. The lowest BCUT2D eigenvalue weighted by molar-refractivity contribution is 0.581. The monoisotopic (exact) mass is 344 g/mol. The van der Waals surface area contributed by atoms with Crippen molar-refractivity contribution in [3.63, 3.8) is 0 Å². The summed E-state index contributed by atoms with van der Waals surface area (Å²) in [6, 6.07) is 14.8. The number of aliphatic imine (C=N–C) groups is 1. The standard InChI is InChI=1S/C19H24N2O2S/c1-14-11-12-16(19(2,3)4)13-17(14)24(22,23)21-18(20-5)15-9-7-6-8-10-15/h6-13H,1-5H3,(H,20,21). The van der Waals surface area contributed by atoms with Gasteiger partial charge in [0.1, 0.15) is 5.84 Å². The summed E-state index contributed by atoms with van der Waals surface area (Å²) in [4.78, 5) is 4.38. The van der Waals surface area contributed by atoms with E-state index in [-0.39, 0.29) is 10.3 Å². The summed E-state index contributed by atoms with van der Waals surface area (Å²) in [5.74, 6) is 0.330. The Labute approximate surface area is 144 Å². The van der Waals surface area contributed by atoms with E-state index in [0.717, 1.165) is 11.1 Å². The summed E-state index contributed by atoms with van der Waals surface area (Å²) < 4.78 is 28.4. The van der Waals surface area contributed by atoms with Crippen LogP contribution in [0.25, 0.3) is 0 Å². The molecule has 1 N–H and O–H groups in total. The van der Waals surface area contributed by atoms with Gasteiger partial charge in [0.05, 0.1) is 4.90 Å². The topological polar surface area (TPSA) is 58.5 Å². The molecule has 2 rings (SSSR count). The van der Waals surface area contributed by atoms with E-state index in [1.165, 1.54) is 0 Å². The molecule has 24 heavy (non-hydrogen) atoms. The molecule has 0 saturated heterocycles. The summed E-state index contributed by atoms with van der Waals surface area (Å²) in [6.07, 6.45) is 0. The van der Waals surface area contributed by atoms with Gasteiger partial charge in [-0.15, -0.1) is 0 Å². The zero-order valence-corrected chi connectivity index (χ0v) is 15.6. The molecule has 0 aliphatic carbocycles. The molecule has 5 heteroatoms. The molecule has 0 heterocycles. The summed E-state index contributed by atoms with van der Waals surface area (Å²) in [5.41, 5.74) is 2.29. The molecule has 0 atom stereocenters. The lowest BCUT2D eigenvalue weighted by Crippen LogP contribution is -2.32. The molecular weight excluding hydrogens is 320 g/mol. The average Bonchev–Trinajstić information content (AvgIpc) is 2.52. The molecule has 0 aromatic heterocycles. The van der Waals surface area contributed by atoms with Crippen molar-refractivity contribution >= 4 is 15.9 Å². The van der Waals surface area contributed by atoms with Crippen molar-refractivity contribution in [3.8, 4) is 0 Å². The van der Waals surface area contributed by atoms with Crippen molar-refractivity contribution in [2.45, 2.75) is 38.0 Å². The van der Waals surface area contributed by atoms with E-state index in [4.69, 9.17) is 0 Å². The van der Waals surface area contributed by atoms with Crippen LogP contribution in [0.4, 0.5) is 0 Å². The van der Waals surface area contributed by atoms with E-state index in [1.807, 2.05) is 42.5 Å². The van der Waals surface area contributed by atoms with Crippen LogP contribution in [-0.2, 0) is 15.4 Å². The first-order chi connectivity index (χ1) is 11.1. The quantitative estimate of drug-likeness (QED) is 0.682. The van der Waals surface area contributed by atoms with Crippen LogP contribution in [0.5, 0.6) is 0 Å². The predicted octanol–water partition coefficient (Wildman–Crippen LogP) is 3.65. The summed E-state index contributed by atoms with van der Waals surface area (Å²) >= 11 is 0. The fourth-order valence-corrected chi connectivity index (χ4v) is 3.72. The van der Waals surface area contributed by atoms with Gasteiger partial charge in [0.25, 0.3) is 10.0 Å². The number of aryl methyl sites for hydroxylation is 1. The minimum absolute atomic E-state index is 0.126. The average molecular weight is 344 g/mol. The summed E-state index contributed by atoms with van der Waals surface area (Å²) in [6.45, 7) is 7.98. The third-order valence-corrected chi connectivity index (χ3v) is 5.33. The second-order valence-corrected chi connectivity index (χ2v) is 8.42. The highest BCUT2D eigenvalue weighted by atomic mass is 32.2. The van der Waals surface area contributed by atoms with Gasteiger partial charge < -0.3 is 0 Å². The third kappa shape index (κ3) is 4.03. The maximum atomic E-state index is 12.9. The number of hydrogen-bond acceptors (Lipinski definition) is 3. The van der Waals surface area contributed by atoms with Crippen molar-refractivity contribution in [2.24, 2.45) is 4.99 Å². The van der Waals surface area contributed by atoms with Gasteiger partial charge >= 0.3 is 0 Å². The molecule has 0 bridgehead atoms. The number of nitrogens with zero attached hydrogens (tertiary/aromatic N) is 1. The lowest BCUT2D eigenvalue weighted by Gasteiger charge is -2.21. The Hall–Kier alpha value is -2.14. The maximum absolute atomic E-state index is 12.9. The van der Waals surface area contributed by atoms with Crippen LogP contribution < -0.4 is 4.72 Å². The smallest absolute Gasteiger partial charge is 0.263 e. The van der Waals surface area contributed by atoms with Crippen LogP contribution in [-0.4, -0.2) is 21.3 Å². The predicted molar refractivity (Wildman–Crippen MR) is 99.1 cm³/mol. The van der Waals surface area contributed by atoms with Gasteiger partial charge in [-0.1, -0.05) is 63.2 Å². The third-order valence-electron chi connectivity index (χ3n) is 3.85. The molecule has 0 unspecified atom stereocenters. The van der Waals surface area contributed by atoms with Crippen LogP contribution in [0, 0.1) is 6.92 Å². The Kier molecular flexibility index (Phi) is 5.13. The molecule has 0 aliphatic heterocycles. The molecule has 4 nitrogen and oxygen atoms in total. The fraction of sp³-hybridized carbons (Fsp3) is 0.316. The molecular formula is C19H24N2O2S. The van der Waals surface area contributed by atoms with Crippen molar-refractivity contribution in [3.05, 3.63) is 65.2 Å². The van der Waals surface area contributed by atoms with E-state index in [1.54, 1.807) is 20.0 Å². The minimum atomic E-state index is -3.71. The van der Waals surface area contributed by atoms with Crippen LogP contribution in [0.1, 0.15) is 37.5 Å². The number of nitrogens with one attached hydrogen (secondary N) is 1. The SMILES string of the molecule is CN=C(NS(=O)(=O)c1cc(C(C)(C)C)ccc1C)c1ccccc1. The zero-order valence-electron chi connectivity index (χ0n) is 14.8. The molecule has 0 radical (unpaired) electrons. The fourth-order valence-electron chi connectivity index (χ4n) is 2.37. The van der Waals surface area contributed by atoms with Crippen molar-refractivity contribution in [2.75, 3.05) is 7.05 Å². The number of benzene rings is 2. The van der Waals surface area contributed by atoms with Gasteiger partial charge in [-0.05, 0) is 29.5 Å². The van der Waals surface area contributed by atoms with Crippen LogP contribution in [0.2, 0.25) is 0 Å². The van der Waals surface area contributed by atoms with Gasteiger partial charge in [-0.3, -0.25) is 9.71 Å². The molecule has 0 amide bonds. The summed E-state index contributed by atoms with van der Waals surface area (Å²) in [5, 5.41) is 0. The second kappa shape index (κ2) is 6.77. The first-order valence-corrected chi connectivity index (χ1v) is 9.29. The molecule has 0 saturated carbocycles.